The lowest BCUT2D eigenvalue weighted by atomic mass is 9.89. The highest BCUT2D eigenvalue weighted by atomic mass is 35.5. The molecule has 1 saturated heterocycles. The number of aromatic nitrogens is 1. The van der Waals surface area contributed by atoms with Crippen molar-refractivity contribution in [1.29, 1.82) is 5.26 Å². The summed E-state index contributed by atoms with van der Waals surface area (Å²) in [4.78, 5) is 53.6. The molecule has 0 bridgehead atoms. The first kappa shape index (κ1) is 36.8. The minimum atomic E-state index is -1.43. The highest BCUT2D eigenvalue weighted by Crippen LogP contribution is 2.43. The van der Waals surface area contributed by atoms with Crippen LogP contribution in [0.25, 0.3) is 22.4 Å². The molecule has 2 aromatic carbocycles. The zero-order chi connectivity index (χ0) is 36.1. The lowest BCUT2D eigenvalue weighted by molar-refractivity contribution is -0.237. The van der Waals surface area contributed by atoms with Gasteiger partial charge in [-0.15, -0.1) is 0 Å². The predicted molar refractivity (Wildman–Crippen MR) is 179 cm³/mol. The van der Waals surface area contributed by atoms with Gasteiger partial charge in [-0.05, 0) is 61.1 Å². The minimum absolute atomic E-state index is 0.0179. The van der Waals surface area contributed by atoms with Crippen molar-refractivity contribution >= 4 is 47.2 Å². The molecule has 3 aromatic rings. The largest absolute Gasteiger partial charge is 0.463 e. The summed E-state index contributed by atoms with van der Waals surface area (Å²) in [7, 11) is 0. The molecule has 5 atom stereocenters. The summed E-state index contributed by atoms with van der Waals surface area (Å²) < 4.78 is 43.6. The first-order chi connectivity index (χ1) is 23.9. The molecular formula is C36H34ClFN2O9S. The number of rotatable bonds is 9. The molecule has 0 spiro atoms. The van der Waals surface area contributed by atoms with Crippen LogP contribution in [0.3, 0.4) is 0 Å². The number of thioether (sulfide) groups is 1. The average Bonchev–Trinajstić information content (AvgIpc) is 3.05. The number of hydrogen-bond acceptors (Lipinski definition) is 12. The molecule has 50 heavy (non-hydrogen) atoms. The quantitative estimate of drug-likeness (QED) is 0.184. The molecule has 0 radical (unpaired) electrons. The van der Waals surface area contributed by atoms with Gasteiger partial charge in [0.05, 0.1) is 16.3 Å². The van der Waals surface area contributed by atoms with Crippen LogP contribution in [-0.4, -0.2) is 65.3 Å². The molecule has 1 fully saturated rings. The van der Waals surface area contributed by atoms with Crippen LogP contribution in [0, 0.1) is 17.1 Å². The summed E-state index contributed by atoms with van der Waals surface area (Å²) in [5, 5.41) is 10.6. The van der Waals surface area contributed by atoms with Crippen LogP contribution >= 0.6 is 23.4 Å². The Kier molecular flexibility index (Phi) is 11.8. The van der Waals surface area contributed by atoms with Gasteiger partial charge in [-0.2, -0.15) is 5.26 Å². The normalized spacial score (nSPS) is 21.3. The molecule has 2 heterocycles. The Morgan fingerprint density at radius 2 is 1.58 bits per heavy atom. The Bertz CT molecular complexity index is 1850. The van der Waals surface area contributed by atoms with Crippen LogP contribution in [0.5, 0.6) is 0 Å². The van der Waals surface area contributed by atoms with Gasteiger partial charge in [0.15, 0.2) is 23.7 Å². The number of hydrogen-bond donors (Lipinski definition) is 0. The Labute approximate surface area is 297 Å². The summed E-state index contributed by atoms with van der Waals surface area (Å²) in [6, 6.07) is 13.9. The minimum Gasteiger partial charge on any atom is -0.463 e. The summed E-state index contributed by atoms with van der Waals surface area (Å²) >= 11 is 7.37. The number of nitrogens with zero attached hydrogens (tertiary/aromatic N) is 2. The van der Waals surface area contributed by atoms with E-state index in [2.05, 4.69) is 6.07 Å². The number of fused-ring (bicyclic) bond motifs is 1. The number of ether oxygens (including phenoxy) is 5. The van der Waals surface area contributed by atoms with Crippen molar-refractivity contribution in [3.8, 4) is 28.5 Å². The number of nitriles is 1. The molecule has 2 aliphatic rings. The van der Waals surface area contributed by atoms with E-state index in [0.29, 0.717) is 11.3 Å². The molecule has 0 amide bonds. The highest BCUT2D eigenvalue weighted by molar-refractivity contribution is 7.99. The van der Waals surface area contributed by atoms with Crippen molar-refractivity contribution in [3.63, 3.8) is 0 Å². The van der Waals surface area contributed by atoms with Crippen LogP contribution < -0.4 is 0 Å². The second-order valence-electron chi connectivity index (χ2n) is 11.8. The van der Waals surface area contributed by atoms with E-state index in [1.165, 1.54) is 36.2 Å². The van der Waals surface area contributed by atoms with E-state index in [9.17, 15) is 24.4 Å². The molecule has 262 valence electrons. The SMILES string of the molecule is CC(=O)OC[C@H]1O[C@@H](Sc2nc(-c3ccc4c(c3)CCCC4)cc(-c3c(F)cccc3Cl)c2C#N)[C@H](OC(C)=O)[C@@H](OC(C)=O)[C@@H]1OC(C)=O. The maximum atomic E-state index is 15.5. The van der Waals surface area contributed by atoms with Crippen molar-refractivity contribution in [3.05, 3.63) is 70.0 Å². The van der Waals surface area contributed by atoms with Crippen molar-refractivity contribution in [2.45, 2.75) is 88.3 Å². The fraction of sp³-hybridized carbons (Fsp3) is 0.389. The van der Waals surface area contributed by atoms with Crippen LogP contribution in [0.15, 0.2) is 47.5 Å². The van der Waals surface area contributed by atoms with E-state index in [1.54, 1.807) is 6.07 Å². The van der Waals surface area contributed by atoms with Gasteiger partial charge in [-0.1, -0.05) is 41.6 Å². The number of carbonyl (C=O) groups excluding carboxylic acids is 4. The monoisotopic (exact) mass is 724 g/mol. The third kappa shape index (κ3) is 8.43. The second-order valence-corrected chi connectivity index (χ2v) is 13.3. The van der Waals surface area contributed by atoms with Gasteiger partial charge >= 0.3 is 23.9 Å². The van der Waals surface area contributed by atoms with Crippen molar-refractivity contribution in [2.75, 3.05) is 6.61 Å². The number of pyridine rings is 1. The van der Waals surface area contributed by atoms with Gasteiger partial charge in [-0.3, -0.25) is 19.2 Å². The maximum absolute atomic E-state index is 15.5. The van der Waals surface area contributed by atoms with Gasteiger partial charge in [0, 0.05) is 44.4 Å². The van der Waals surface area contributed by atoms with Gasteiger partial charge in [-0.25, -0.2) is 9.37 Å². The van der Waals surface area contributed by atoms with E-state index in [0.717, 1.165) is 58.2 Å². The van der Waals surface area contributed by atoms with E-state index in [4.69, 9.17) is 40.3 Å². The zero-order valence-corrected chi connectivity index (χ0v) is 29.3. The van der Waals surface area contributed by atoms with Crippen LogP contribution in [-0.2, 0) is 55.7 Å². The Morgan fingerprint density at radius 1 is 0.920 bits per heavy atom. The molecule has 0 N–H and O–H groups in total. The molecule has 1 aliphatic heterocycles. The number of halogens is 2. The lowest BCUT2D eigenvalue weighted by Crippen LogP contribution is -2.61. The van der Waals surface area contributed by atoms with Crippen LogP contribution in [0.1, 0.15) is 57.2 Å². The molecule has 11 nitrogen and oxygen atoms in total. The Morgan fingerprint density at radius 3 is 2.22 bits per heavy atom. The molecule has 14 heteroatoms. The molecule has 0 unspecified atom stereocenters. The van der Waals surface area contributed by atoms with Crippen molar-refractivity contribution < 1.29 is 47.3 Å². The first-order valence-electron chi connectivity index (χ1n) is 15.8. The third-order valence-electron chi connectivity index (χ3n) is 8.15. The van der Waals surface area contributed by atoms with Crippen LogP contribution in [0.4, 0.5) is 4.39 Å². The topological polar surface area (TPSA) is 151 Å². The van der Waals surface area contributed by atoms with E-state index in [-0.39, 0.29) is 26.7 Å². The fourth-order valence-corrected chi connectivity index (χ4v) is 7.55. The number of benzene rings is 2. The Balaban J connectivity index is 1.69. The molecule has 0 saturated carbocycles. The summed E-state index contributed by atoms with van der Waals surface area (Å²) in [6.07, 6.45) is -1.46. The van der Waals surface area contributed by atoms with Crippen LogP contribution in [0.2, 0.25) is 5.02 Å². The van der Waals surface area contributed by atoms with E-state index >= 15 is 4.39 Å². The Hall–Kier alpha value is -4.51. The lowest BCUT2D eigenvalue weighted by Gasteiger charge is -2.44. The number of aryl methyl sites for hydroxylation is 2. The maximum Gasteiger partial charge on any atom is 0.303 e. The molecule has 1 aromatic heterocycles. The summed E-state index contributed by atoms with van der Waals surface area (Å²) in [5.74, 6) is -3.67. The second kappa shape index (κ2) is 16.0. The van der Waals surface area contributed by atoms with Gasteiger partial charge < -0.3 is 23.7 Å². The molecule has 5 rings (SSSR count). The van der Waals surface area contributed by atoms with E-state index < -0.39 is 66.2 Å². The average molecular weight is 725 g/mol. The molecular weight excluding hydrogens is 691 g/mol. The summed E-state index contributed by atoms with van der Waals surface area (Å²) in [5.41, 5.74) is 2.32. The highest BCUT2D eigenvalue weighted by Gasteiger charge is 2.53. The first-order valence-corrected chi connectivity index (χ1v) is 17.1. The van der Waals surface area contributed by atoms with Crippen molar-refractivity contribution in [2.24, 2.45) is 0 Å². The standard InChI is InChI=1S/C36H34ClFN2O9S/c1-18(41)45-17-30-32(46-19(2)42)33(47-20(3)43)34(48-21(4)44)36(49-30)50-35-26(16-39)25(31-27(37)10-7-11-28(31)38)15-29(40-35)24-13-12-22-8-5-6-9-23(22)14-24/h7,10-15,30,32-34,36H,5-6,8-9,17H2,1-4H3/t30-,32-,33+,34-,36+/m1/s1. The smallest absolute Gasteiger partial charge is 0.303 e. The number of esters is 4. The summed E-state index contributed by atoms with van der Waals surface area (Å²) in [6.45, 7) is 4.12. The van der Waals surface area contributed by atoms with E-state index in [1.807, 2.05) is 18.2 Å². The predicted octanol–water partition coefficient (Wildman–Crippen LogP) is 6.13. The third-order valence-corrected chi connectivity index (χ3v) is 9.60. The number of carbonyl (C=O) groups is 4. The molecule has 1 aliphatic carbocycles. The van der Waals surface area contributed by atoms with Gasteiger partial charge in [0.25, 0.3) is 0 Å². The fourth-order valence-electron chi connectivity index (χ4n) is 6.10. The van der Waals surface area contributed by atoms with Gasteiger partial charge in [0.2, 0.25) is 0 Å². The van der Waals surface area contributed by atoms with Gasteiger partial charge in [0.1, 0.15) is 29.6 Å². The zero-order valence-electron chi connectivity index (χ0n) is 27.7. The van der Waals surface area contributed by atoms with Crippen molar-refractivity contribution in [1.82, 2.24) is 4.98 Å².